The predicted molar refractivity (Wildman–Crippen MR) is 73.4 cm³/mol. The van der Waals surface area contributed by atoms with Crippen molar-refractivity contribution < 1.29 is 14.6 Å². The normalized spacial score (nSPS) is 26.2. The molecule has 2 unspecified atom stereocenters. The van der Waals surface area contributed by atoms with Crippen molar-refractivity contribution in [1.29, 1.82) is 0 Å². The van der Waals surface area contributed by atoms with Crippen molar-refractivity contribution in [2.75, 3.05) is 13.2 Å². The van der Waals surface area contributed by atoms with Crippen LogP contribution in [0.2, 0.25) is 0 Å². The number of aliphatic hydroxyl groups is 1. The molecular formula is C16H22O3. The van der Waals surface area contributed by atoms with Gasteiger partial charge in [-0.1, -0.05) is 6.07 Å². The van der Waals surface area contributed by atoms with Gasteiger partial charge in [0.15, 0.2) is 0 Å². The average Bonchev–Trinajstić information content (AvgIpc) is 2.92. The van der Waals surface area contributed by atoms with Gasteiger partial charge in [-0.15, -0.1) is 0 Å². The van der Waals surface area contributed by atoms with Crippen LogP contribution in [-0.4, -0.2) is 24.4 Å². The van der Waals surface area contributed by atoms with Crippen molar-refractivity contribution in [2.45, 2.75) is 50.7 Å². The van der Waals surface area contributed by atoms with Crippen molar-refractivity contribution in [1.82, 2.24) is 0 Å². The number of aryl methyl sites for hydroxylation is 1. The summed E-state index contributed by atoms with van der Waals surface area (Å²) in [4.78, 5) is 0. The maximum absolute atomic E-state index is 9.91. The van der Waals surface area contributed by atoms with Crippen molar-refractivity contribution in [2.24, 2.45) is 0 Å². The van der Waals surface area contributed by atoms with E-state index in [9.17, 15) is 5.11 Å². The van der Waals surface area contributed by atoms with Crippen molar-refractivity contribution >= 4 is 0 Å². The number of rotatable bonds is 4. The van der Waals surface area contributed by atoms with Gasteiger partial charge >= 0.3 is 0 Å². The molecule has 19 heavy (non-hydrogen) atoms. The highest BCUT2D eigenvalue weighted by molar-refractivity contribution is 5.38. The summed E-state index contributed by atoms with van der Waals surface area (Å²) in [6.45, 7) is 1.62. The minimum absolute atomic E-state index is 0.287. The van der Waals surface area contributed by atoms with Crippen LogP contribution >= 0.6 is 0 Å². The van der Waals surface area contributed by atoms with Gasteiger partial charge in [-0.3, -0.25) is 0 Å². The largest absolute Gasteiger partial charge is 0.493 e. The predicted octanol–water partition coefficient (Wildman–Crippen LogP) is 3.00. The van der Waals surface area contributed by atoms with Crippen molar-refractivity contribution in [3.63, 3.8) is 0 Å². The summed E-state index contributed by atoms with van der Waals surface area (Å²) in [5.41, 5.74) is 2.33. The second-order valence-corrected chi connectivity index (χ2v) is 5.54. The van der Waals surface area contributed by atoms with Crippen LogP contribution in [0.15, 0.2) is 18.2 Å². The summed E-state index contributed by atoms with van der Waals surface area (Å²) in [5.74, 6) is 0.922. The molecule has 0 aromatic heterocycles. The summed E-state index contributed by atoms with van der Waals surface area (Å²) in [6.07, 6.45) is 6.42. The van der Waals surface area contributed by atoms with Crippen molar-refractivity contribution in [3.05, 3.63) is 29.3 Å². The Morgan fingerprint density at radius 2 is 2.21 bits per heavy atom. The summed E-state index contributed by atoms with van der Waals surface area (Å²) < 4.78 is 11.4. The van der Waals surface area contributed by atoms with Gasteiger partial charge in [0.05, 0.1) is 18.8 Å². The molecule has 1 N–H and O–H groups in total. The molecule has 0 bridgehead atoms. The van der Waals surface area contributed by atoms with Gasteiger partial charge < -0.3 is 14.6 Å². The Morgan fingerprint density at radius 3 is 3.05 bits per heavy atom. The fourth-order valence-corrected chi connectivity index (χ4v) is 3.04. The van der Waals surface area contributed by atoms with E-state index in [1.807, 2.05) is 12.1 Å². The molecule has 1 aliphatic carbocycles. The quantitative estimate of drug-likeness (QED) is 0.906. The van der Waals surface area contributed by atoms with E-state index in [0.717, 1.165) is 43.6 Å². The van der Waals surface area contributed by atoms with Crippen LogP contribution in [0.25, 0.3) is 0 Å². The van der Waals surface area contributed by atoms with E-state index >= 15 is 0 Å². The minimum Gasteiger partial charge on any atom is -0.493 e. The van der Waals surface area contributed by atoms with Crippen LogP contribution in [0.3, 0.4) is 0 Å². The third-order valence-corrected chi connectivity index (χ3v) is 4.13. The molecule has 1 aliphatic heterocycles. The third-order valence-electron chi connectivity index (χ3n) is 4.13. The molecule has 2 aliphatic rings. The number of hydrogen-bond acceptors (Lipinski definition) is 3. The van der Waals surface area contributed by atoms with E-state index in [1.54, 1.807) is 0 Å². The Labute approximate surface area is 114 Å². The zero-order valence-corrected chi connectivity index (χ0v) is 11.3. The lowest BCUT2D eigenvalue weighted by Gasteiger charge is -2.22. The molecule has 3 rings (SSSR count). The second kappa shape index (κ2) is 5.93. The molecule has 0 amide bonds. The van der Waals surface area contributed by atoms with Crippen LogP contribution in [-0.2, 0) is 11.2 Å². The van der Waals surface area contributed by atoms with E-state index in [0.29, 0.717) is 12.7 Å². The first-order valence-electron chi connectivity index (χ1n) is 7.38. The standard InChI is InChI=1S/C16H22O3/c17-16-5-1-3-12-11-14(6-7-15(12)16)19-10-8-13-4-2-9-18-13/h6-7,11,13,16-17H,1-5,8-10H2. The molecule has 3 nitrogen and oxygen atoms in total. The summed E-state index contributed by atoms with van der Waals surface area (Å²) in [6, 6.07) is 6.08. The molecule has 1 heterocycles. The molecule has 104 valence electrons. The first kappa shape index (κ1) is 12.9. The van der Waals surface area contributed by atoms with Gasteiger partial charge in [0.1, 0.15) is 5.75 Å². The molecule has 1 saturated heterocycles. The number of aliphatic hydroxyl groups excluding tert-OH is 1. The van der Waals surface area contributed by atoms with Gasteiger partial charge in [0.2, 0.25) is 0 Å². The SMILES string of the molecule is OC1CCCc2cc(OCCC3CCCO3)ccc21. The zero-order chi connectivity index (χ0) is 13.1. The lowest BCUT2D eigenvalue weighted by atomic mass is 9.89. The summed E-state index contributed by atoms with van der Waals surface area (Å²) in [5, 5.41) is 9.91. The molecule has 2 atom stereocenters. The highest BCUT2D eigenvalue weighted by Crippen LogP contribution is 2.32. The maximum atomic E-state index is 9.91. The second-order valence-electron chi connectivity index (χ2n) is 5.54. The number of hydrogen-bond donors (Lipinski definition) is 1. The van der Waals surface area contributed by atoms with Crippen molar-refractivity contribution in [3.8, 4) is 5.75 Å². The molecule has 1 fully saturated rings. The average molecular weight is 262 g/mol. The first-order chi connectivity index (χ1) is 9.33. The van der Waals surface area contributed by atoms with Gasteiger partial charge in [-0.2, -0.15) is 0 Å². The lowest BCUT2D eigenvalue weighted by molar-refractivity contribution is 0.0903. The highest BCUT2D eigenvalue weighted by Gasteiger charge is 2.18. The summed E-state index contributed by atoms with van der Waals surface area (Å²) >= 11 is 0. The molecular weight excluding hydrogens is 240 g/mol. The van der Waals surface area contributed by atoms with E-state index < -0.39 is 0 Å². The van der Waals surface area contributed by atoms with Crippen LogP contribution in [0.4, 0.5) is 0 Å². The number of benzene rings is 1. The number of fused-ring (bicyclic) bond motifs is 1. The topological polar surface area (TPSA) is 38.7 Å². The Balaban J connectivity index is 1.56. The molecule has 1 aromatic carbocycles. The first-order valence-corrected chi connectivity index (χ1v) is 7.38. The fraction of sp³-hybridized carbons (Fsp3) is 0.625. The van der Waals surface area contributed by atoms with E-state index in [1.165, 1.54) is 18.4 Å². The zero-order valence-electron chi connectivity index (χ0n) is 11.3. The van der Waals surface area contributed by atoms with Crippen LogP contribution in [0.1, 0.15) is 49.3 Å². The van der Waals surface area contributed by atoms with Gasteiger partial charge in [0, 0.05) is 13.0 Å². The van der Waals surface area contributed by atoms with Gasteiger partial charge in [0.25, 0.3) is 0 Å². The monoisotopic (exact) mass is 262 g/mol. The van der Waals surface area contributed by atoms with Gasteiger partial charge in [-0.25, -0.2) is 0 Å². The molecule has 0 spiro atoms. The Hall–Kier alpha value is -1.06. The molecule has 0 radical (unpaired) electrons. The summed E-state index contributed by atoms with van der Waals surface area (Å²) in [7, 11) is 0. The van der Waals surface area contributed by atoms with E-state index in [-0.39, 0.29) is 6.10 Å². The number of ether oxygens (including phenoxy) is 2. The van der Waals surface area contributed by atoms with Crippen LogP contribution in [0.5, 0.6) is 5.75 Å². The van der Waals surface area contributed by atoms with Crippen LogP contribution < -0.4 is 4.74 Å². The third kappa shape index (κ3) is 3.10. The Bertz CT molecular complexity index is 424. The molecule has 0 saturated carbocycles. The maximum Gasteiger partial charge on any atom is 0.119 e. The van der Waals surface area contributed by atoms with Gasteiger partial charge in [-0.05, 0) is 55.4 Å². The smallest absolute Gasteiger partial charge is 0.119 e. The lowest BCUT2D eigenvalue weighted by Crippen LogP contribution is -2.12. The highest BCUT2D eigenvalue weighted by atomic mass is 16.5. The molecule has 1 aromatic rings. The minimum atomic E-state index is -0.287. The Kier molecular flexibility index (Phi) is 4.04. The van der Waals surface area contributed by atoms with E-state index in [4.69, 9.17) is 9.47 Å². The Morgan fingerprint density at radius 1 is 1.26 bits per heavy atom. The fourth-order valence-electron chi connectivity index (χ4n) is 3.04. The van der Waals surface area contributed by atoms with E-state index in [2.05, 4.69) is 6.07 Å². The molecule has 3 heteroatoms. The van der Waals surface area contributed by atoms with Crippen LogP contribution in [0, 0.1) is 0 Å².